The van der Waals surface area contributed by atoms with Gasteiger partial charge in [0.2, 0.25) is 0 Å². The maximum Gasteiger partial charge on any atom is 0.0290 e. The Labute approximate surface area is 86.8 Å². The Morgan fingerprint density at radius 1 is 1.29 bits per heavy atom. The first-order valence-electron chi connectivity index (χ1n) is 5.27. The van der Waals surface area contributed by atoms with Gasteiger partial charge in [-0.2, -0.15) is 0 Å². The fraction of sp³-hybridized carbons (Fsp3) is 0.385. The molecule has 0 spiro atoms. The van der Waals surface area contributed by atoms with E-state index in [4.69, 9.17) is 0 Å². The van der Waals surface area contributed by atoms with Crippen LogP contribution in [0.15, 0.2) is 42.5 Å². The van der Waals surface area contributed by atoms with Crippen molar-refractivity contribution in [1.29, 1.82) is 0 Å². The van der Waals surface area contributed by atoms with E-state index in [0.29, 0.717) is 6.04 Å². The smallest absolute Gasteiger partial charge is 0.0290 e. The van der Waals surface area contributed by atoms with Crippen molar-refractivity contribution in [3.8, 4) is 0 Å². The first-order valence-corrected chi connectivity index (χ1v) is 5.27. The second kappa shape index (κ2) is 6.39. The molecule has 1 atom stereocenters. The Kier molecular flexibility index (Phi) is 5.02. The van der Waals surface area contributed by atoms with Crippen LogP contribution in [0, 0.1) is 0 Å². The largest absolute Gasteiger partial charge is 0.310 e. The third kappa shape index (κ3) is 3.75. The predicted octanol–water partition coefficient (Wildman–Crippen LogP) is 2.78. The van der Waals surface area contributed by atoms with Crippen molar-refractivity contribution in [1.82, 2.24) is 5.32 Å². The summed E-state index contributed by atoms with van der Waals surface area (Å²) in [5.41, 5.74) is 1.39. The van der Waals surface area contributed by atoms with Crippen LogP contribution in [0.3, 0.4) is 0 Å². The standard InChI is InChI=1S/C13H19N/c1-3-8-13(14-4-2)11-12-9-6-5-7-10-12/h3,5-10,13-14H,4,11H2,1-2H3. The first-order chi connectivity index (χ1) is 6.86. The summed E-state index contributed by atoms with van der Waals surface area (Å²) < 4.78 is 0. The lowest BCUT2D eigenvalue weighted by atomic mass is 10.1. The van der Waals surface area contributed by atoms with Gasteiger partial charge in [-0.1, -0.05) is 49.4 Å². The Balaban J connectivity index is 2.55. The van der Waals surface area contributed by atoms with E-state index in [1.165, 1.54) is 5.56 Å². The fourth-order valence-corrected chi connectivity index (χ4v) is 1.57. The minimum Gasteiger partial charge on any atom is -0.310 e. The molecule has 0 aliphatic carbocycles. The number of likely N-dealkylation sites (N-methyl/N-ethyl adjacent to an activating group) is 1. The molecule has 1 aromatic carbocycles. The Morgan fingerprint density at radius 2 is 2.00 bits per heavy atom. The molecule has 0 amide bonds. The lowest BCUT2D eigenvalue weighted by Gasteiger charge is -2.13. The van der Waals surface area contributed by atoms with Crippen LogP contribution in [0.1, 0.15) is 19.4 Å². The molecule has 0 aliphatic heterocycles. The summed E-state index contributed by atoms with van der Waals surface area (Å²) in [5, 5.41) is 3.45. The molecule has 1 unspecified atom stereocenters. The van der Waals surface area contributed by atoms with Gasteiger partial charge in [0.15, 0.2) is 0 Å². The number of nitrogens with one attached hydrogen (secondary N) is 1. The molecule has 1 heteroatoms. The van der Waals surface area contributed by atoms with Crippen LogP contribution in [0.4, 0.5) is 0 Å². The first kappa shape index (κ1) is 11.0. The molecule has 14 heavy (non-hydrogen) atoms. The molecule has 1 aromatic rings. The molecule has 1 nitrogen and oxygen atoms in total. The monoisotopic (exact) mass is 189 g/mol. The molecular weight excluding hydrogens is 170 g/mol. The van der Waals surface area contributed by atoms with Gasteiger partial charge in [-0.3, -0.25) is 0 Å². The molecular formula is C13H19N. The molecule has 1 rings (SSSR count). The van der Waals surface area contributed by atoms with Gasteiger partial charge in [0, 0.05) is 6.04 Å². The van der Waals surface area contributed by atoms with Crippen molar-refractivity contribution in [2.24, 2.45) is 0 Å². The molecule has 0 aliphatic rings. The second-order valence-electron chi connectivity index (χ2n) is 3.38. The third-order valence-corrected chi connectivity index (χ3v) is 2.19. The van der Waals surface area contributed by atoms with Crippen LogP contribution in [0.2, 0.25) is 0 Å². The SMILES string of the molecule is CC=CC(Cc1ccccc1)NCC. The second-order valence-corrected chi connectivity index (χ2v) is 3.38. The lowest BCUT2D eigenvalue weighted by molar-refractivity contribution is 0.612. The average Bonchev–Trinajstić information content (AvgIpc) is 2.20. The molecule has 0 radical (unpaired) electrons. The highest BCUT2D eigenvalue weighted by Gasteiger charge is 2.02. The van der Waals surface area contributed by atoms with E-state index < -0.39 is 0 Å². The highest BCUT2D eigenvalue weighted by atomic mass is 14.9. The van der Waals surface area contributed by atoms with E-state index in [2.05, 4.69) is 61.6 Å². The van der Waals surface area contributed by atoms with Crippen LogP contribution in [-0.4, -0.2) is 12.6 Å². The number of allylic oxidation sites excluding steroid dienone is 1. The van der Waals surface area contributed by atoms with Crippen molar-refractivity contribution >= 4 is 0 Å². The summed E-state index contributed by atoms with van der Waals surface area (Å²) in [6.45, 7) is 5.22. The van der Waals surface area contributed by atoms with E-state index >= 15 is 0 Å². The summed E-state index contributed by atoms with van der Waals surface area (Å²) in [7, 11) is 0. The quantitative estimate of drug-likeness (QED) is 0.702. The highest BCUT2D eigenvalue weighted by Crippen LogP contribution is 2.03. The zero-order chi connectivity index (χ0) is 10.2. The van der Waals surface area contributed by atoms with Crippen LogP contribution >= 0.6 is 0 Å². The van der Waals surface area contributed by atoms with Crippen LogP contribution in [0.5, 0.6) is 0 Å². The zero-order valence-corrected chi connectivity index (χ0v) is 9.03. The average molecular weight is 189 g/mol. The van der Waals surface area contributed by atoms with Gasteiger partial charge in [-0.05, 0) is 25.5 Å². The summed E-state index contributed by atoms with van der Waals surface area (Å²) in [5.74, 6) is 0. The minimum atomic E-state index is 0.465. The lowest BCUT2D eigenvalue weighted by Crippen LogP contribution is -2.28. The van der Waals surface area contributed by atoms with E-state index in [0.717, 1.165) is 13.0 Å². The van der Waals surface area contributed by atoms with Crippen molar-refractivity contribution in [2.45, 2.75) is 26.3 Å². The van der Waals surface area contributed by atoms with Crippen LogP contribution in [0.25, 0.3) is 0 Å². The fourth-order valence-electron chi connectivity index (χ4n) is 1.57. The molecule has 0 heterocycles. The highest BCUT2D eigenvalue weighted by molar-refractivity contribution is 5.17. The van der Waals surface area contributed by atoms with E-state index in [1.54, 1.807) is 0 Å². The summed E-state index contributed by atoms with van der Waals surface area (Å²) in [4.78, 5) is 0. The van der Waals surface area contributed by atoms with Gasteiger partial charge in [0.25, 0.3) is 0 Å². The number of hydrogen-bond donors (Lipinski definition) is 1. The molecule has 0 saturated heterocycles. The van der Waals surface area contributed by atoms with Gasteiger partial charge in [-0.25, -0.2) is 0 Å². The van der Waals surface area contributed by atoms with Gasteiger partial charge >= 0.3 is 0 Å². The maximum atomic E-state index is 3.45. The topological polar surface area (TPSA) is 12.0 Å². The molecule has 1 N–H and O–H groups in total. The van der Waals surface area contributed by atoms with Gasteiger partial charge < -0.3 is 5.32 Å². The number of benzene rings is 1. The molecule has 0 bridgehead atoms. The Bertz CT molecular complexity index is 264. The van der Waals surface area contributed by atoms with Crippen molar-refractivity contribution < 1.29 is 0 Å². The van der Waals surface area contributed by atoms with Crippen LogP contribution < -0.4 is 5.32 Å². The summed E-state index contributed by atoms with van der Waals surface area (Å²) >= 11 is 0. The van der Waals surface area contributed by atoms with Gasteiger partial charge in [0.05, 0.1) is 0 Å². The number of hydrogen-bond acceptors (Lipinski definition) is 1. The number of rotatable bonds is 5. The van der Waals surface area contributed by atoms with E-state index in [-0.39, 0.29) is 0 Å². The Hall–Kier alpha value is -1.08. The molecule has 0 fully saturated rings. The molecule has 0 aromatic heterocycles. The van der Waals surface area contributed by atoms with Crippen molar-refractivity contribution in [3.63, 3.8) is 0 Å². The maximum absolute atomic E-state index is 3.45. The minimum absolute atomic E-state index is 0.465. The predicted molar refractivity (Wildman–Crippen MR) is 62.4 cm³/mol. The third-order valence-electron chi connectivity index (χ3n) is 2.19. The normalized spacial score (nSPS) is 13.3. The zero-order valence-electron chi connectivity index (χ0n) is 9.03. The summed E-state index contributed by atoms with van der Waals surface area (Å²) in [6, 6.07) is 11.1. The van der Waals surface area contributed by atoms with Crippen molar-refractivity contribution in [2.75, 3.05) is 6.54 Å². The Morgan fingerprint density at radius 3 is 2.57 bits per heavy atom. The molecule has 76 valence electrons. The van der Waals surface area contributed by atoms with E-state index in [1.807, 2.05) is 0 Å². The van der Waals surface area contributed by atoms with Gasteiger partial charge in [0.1, 0.15) is 0 Å². The van der Waals surface area contributed by atoms with Crippen LogP contribution in [-0.2, 0) is 6.42 Å². The van der Waals surface area contributed by atoms with Gasteiger partial charge in [-0.15, -0.1) is 0 Å². The summed E-state index contributed by atoms with van der Waals surface area (Å²) in [6.07, 6.45) is 5.39. The van der Waals surface area contributed by atoms with E-state index in [9.17, 15) is 0 Å². The van der Waals surface area contributed by atoms with Crippen molar-refractivity contribution in [3.05, 3.63) is 48.0 Å². The molecule has 0 saturated carbocycles.